The lowest BCUT2D eigenvalue weighted by Crippen LogP contribution is -2.25. The SMILES string of the molecule is Cc1cccc(CNC(=O)c2cc3sc(C)cc3n2Cc2ccc(C(F)(F)F)cc2)c1. The maximum atomic E-state index is 13.0. The third kappa shape index (κ3) is 4.66. The van der Waals surface area contributed by atoms with Crippen molar-refractivity contribution >= 4 is 27.5 Å². The minimum absolute atomic E-state index is 0.213. The molecule has 2 heterocycles. The number of rotatable bonds is 5. The van der Waals surface area contributed by atoms with Gasteiger partial charge < -0.3 is 9.88 Å². The fraction of sp³-hybridized carbons (Fsp3) is 0.208. The van der Waals surface area contributed by atoms with Crippen LogP contribution in [0, 0.1) is 13.8 Å². The lowest BCUT2D eigenvalue weighted by Gasteiger charge is -2.12. The maximum Gasteiger partial charge on any atom is 0.416 e. The summed E-state index contributed by atoms with van der Waals surface area (Å²) in [5.74, 6) is -0.213. The molecule has 160 valence electrons. The summed E-state index contributed by atoms with van der Waals surface area (Å²) in [5, 5.41) is 2.96. The van der Waals surface area contributed by atoms with E-state index in [0.717, 1.165) is 38.4 Å². The Morgan fingerprint density at radius 2 is 1.74 bits per heavy atom. The number of carbonyl (C=O) groups excluding carboxylic acids is 1. The molecular weight excluding hydrogens is 421 g/mol. The van der Waals surface area contributed by atoms with E-state index in [1.54, 1.807) is 11.3 Å². The van der Waals surface area contributed by atoms with E-state index in [1.807, 2.05) is 54.8 Å². The van der Waals surface area contributed by atoms with Crippen molar-refractivity contribution in [1.82, 2.24) is 9.88 Å². The van der Waals surface area contributed by atoms with Gasteiger partial charge in [0, 0.05) is 18.0 Å². The van der Waals surface area contributed by atoms with Crippen molar-refractivity contribution in [2.24, 2.45) is 0 Å². The van der Waals surface area contributed by atoms with Crippen LogP contribution in [0.15, 0.2) is 60.7 Å². The summed E-state index contributed by atoms with van der Waals surface area (Å²) in [6, 6.07) is 16.8. The molecule has 0 saturated heterocycles. The van der Waals surface area contributed by atoms with Crippen LogP contribution in [0.4, 0.5) is 13.2 Å². The standard InChI is InChI=1S/C24H21F3N2OS/c1-15-4-3-5-18(10-15)13-28-23(30)21-12-22-20(11-16(2)31-22)29(21)14-17-6-8-19(9-7-17)24(25,26)27/h3-12H,13-14H2,1-2H3,(H,28,30). The normalized spacial score (nSPS) is 11.8. The molecule has 0 unspecified atom stereocenters. The maximum absolute atomic E-state index is 13.0. The molecule has 4 rings (SSSR count). The first-order valence-electron chi connectivity index (χ1n) is 9.80. The summed E-state index contributed by atoms with van der Waals surface area (Å²) in [4.78, 5) is 14.1. The highest BCUT2D eigenvalue weighted by Gasteiger charge is 2.30. The molecule has 0 aliphatic rings. The van der Waals surface area contributed by atoms with Crippen LogP contribution in [-0.4, -0.2) is 10.5 Å². The van der Waals surface area contributed by atoms with Crippen molar-refractivity contribution < 1.29 is 18.0 Å². The molecule has 0 saturated carbocycles. The van der Waals surface area contributed by atoms with Gasteiger partial charge in [0.25, 0.3) is 5.91 Å². The van der Waals surface area contributed by atoms with Gasteiger partial charge in [-0.1, -0.05) is 42.0 Å². The third-order valence-electron chi connectivity index (χ3n) is 5.10. The molecule has 0 fully saturated rings. The topological polar surface area (TPSA) is 34.0 Å². The second kappa shape index (κ2) is 8.23. The number of aromatic nitrogens is 1. The molecule has 0 aliphatic carbocycles. The summed E-state index contributed by atoms with van der Waals surface area (Å²) in [6.45, 7) is 4.70. The molecule has 0 spiro atoms. The lowest BCUT2D eigenvalue weighted by atomic mass is 10.1. The van der Waals surface area contributed by atoms with Gasteiger partial charge in [-0.05, 0) is 49.2 Å². The van der Waals surface area contributed by atoms with Crippen molar-refractivity contribution in [3.63, 3.8) is 0 Å². The highest BCUT2D eigenvalue weighted by Crippen LogP contribution is 2.31. The number of nitrogens with zero attached hydrogens (tertiary/aromatic N) is 1. The van der Waals surface area contributed by atoms with Crippen molar-refractivity contribution in [2.75, 3.05) is 0 Å². The quantitative estimate of drug-likeness (QED) is 0.386. The highest BCUT2D eigenvalue weighted by atomic mass is 32.1. The second-order valence-electron chi connectivity index (χ2n) is 7.59. The fourth-order valence-electron chi connectivity index (χ4n) is 3.60. The largest absolute Gasteiger partial charge is 0.416 e. The Morgan fingerprint density at radius 3 is 2.42 bits per heavy atom. The summed E-state index contributed by atoms with van der Waals surface area (Å²) < 4.78 is 41.5. The number of carbonyl (C=O) groups is 1. The Hall–Kier alpha value is -3.06. The average molecular weight is 443 g/mol. The van der Waals surface area contributed by atoms with Gasteiger partial charge in [-0.2, -0.15) is 13.2 Å². The number of hydrogen-bond acceptors (Lipinski definition) is 2. The molecular formula is C24H21F3N2OS. The predicted octanol–water partition coefficient (Wildman–Crippen LogP) is 6.32. The van der Waals surface area contributed by atoms with Crippen molar-refractivity contribution in [3.8, 4) is 0 Å². The number of aryl methyl sites for hydroxylation is 2. The zero-order chi connectivity index (χ0) is 22.2. The van der Waals surface area contributed by atoms with Gasteiger partial charge in [0.1, 0.15) is 5.69 Å². The Balaban J connectivity index is 1.61. The van der Waals surface area contributed by atoms with Gasteiger partial charge in [-0.25, -0.2) is 0 Å². The number of halogens is 3. The first-order valence-corrected chi connectivity index (χ1v) is 10.6. The summed E-state index contributed by atoms with van der Waals surface area (Å²) >= 11 is 1.59. The summed E-state index contributed by atoms with van der Waals surface area (Å²) in [6.07, 6.45) is -4.37. The third-order valence-corrected chi connectivity index (χ3v) is 6.09. The monoisotopic (exact) mass is 442 g/mol. The molecule has 0 atom stereocenters. The van der Waals surface area contributed by atoms with Crippen LogP contribution in [0.25, 0.3) is 10.2 Å². The van der Waals surface area contributed by atoms with E-state index in [0.29, 0.717) is 24.3 Å². The molecule has 2 aromatic heterocycles. The van der Waals surface area contributed by atoms with Crippen molar-refractivity contribution in [3.05, 3.63) is 93.5 Å². The number of alkyl halides is 3. The first kappa shape index (κ1) is 21.2. The number of benzene rings is 2. The number of fused-ring (bicyclic) bond motifs is 1. The van der Waals surface area contributed by atoms with E-state index in [-0.39, 0.29) is 5.91 Å². The molecule has 0 bridgehead atoms. The van der Waals surface area contributed by atoms with E-state index < -0.39 is 11.7 Å². The second-order valence-corrected chi connectivity index (χ2v) is 8.88. The van der Waals surface area contributed by atoms with Crippen LogP contribution in [0.1, 0.15) is 37.6 Å². The molecule has 0 aliphatic heterocycles. The number of hydrogen-bond donors (Lipinski definition) is 1. The number of thiophene rings is 1. The Morgan fingerprint density at radius 1 is 1.00 bits per heavy atom. The van der Waals surface area contributed by atoms with E-state index in [1.165, 1.54) is 12.1 Å². The van der Waals surface area contributed by atoms with Crippen LogP contribution in [0.5, 0.6) is 0 Å². The predicted molar refractivity (Wildman–Crippen MR) is 117 cm³/mol. The zero-order valence-corrected chi connectivity index (χ0v) is 17.9. The zero-order valence-electron chi connectivity index (χ0n) is 17.1. The highest BCUT2D eigenvalue weighted by molar-refractivity contribution is 7.19. The summed E-state index contributed by atoms with van der Waals surface area (Å²) in [5.41, 5.74) is 3.54. The van der Waals surface area contributed by atoms with Gasteiger partial charge in [-0.15, -0.1) is 11.3 Å². The minimum Gasteiger partial charge on any atom is -0.347 e. The van der Waals surface area contributed by atoms with Gasteiger partial charge in [0.2, 0.25) is 0 Å². The van der Waals surface area contributed by atoms with Gasteiger partial charge in [-0.3, -0.25) is 4.79 Å². The number of amides is 1. The summed E-state index contributed by atoms with van der Waals surface area (Å²) in [7, 11) is 0. The molecule has 31 heavy (non-hydrogen) atoms. The molecule has 4 aromatic rings. The van der Waals surface area contributed by atoms with Crippen LogP contribution in [0.3, 0.4) is 0 Å². The smallest absolute Gasteiger partial charge is 0.347 e. The Labute approximate surface area is 182 Å². The van der Waals surface area contributed by atoms with E-state index in [2.05, 4.69) is 5.32 Å². The molecule has 3 nitrogen and oxygen atoms in total. The van der Waals surface area contributed by atoms with Gasteiger partial charge >= 0.3 is 6.18 Å². The van der Waals surface area contributed by atoms with E-state index in [9.17, 15) is 18.0 Å². The van der Waals surface area contributed by atoms with Gasteiger partial charge in [0.15, 0.2) is 0 Å². The Bertz CT molecular complexity index is 1240. The van der Waals surface area contributed by atoms with Crippen LogP contribution < -0.4 is 5.32 Å². The lowest BCUT2D eigenvalue weighted by molar-refractivity contribution is -0.137. The molecule has 1 amide bonds. The number of nitrogens with one attached hydrogen (secondary N) is 1. The van der Waals surface area contributed by atoms with Crippen molar-refractivity contribution in [2.45, 2.75) is 33.1 Å². The van der Waals surface area contributed by atoms with Crippen LogP contribution >= 0.6 is 11.3 Å². The average Bonchev–Trinajstić information content (AvgIpc) is 3.23. The molecule has 7 heteroatoms. The first-order chi connectivity index (χ1) is 14.7. The molecule has 2 aromatic carbocycles. The van der Waals surface area contributed by atoms with Gasteiger partial charge in [0.05, 0.1) is 15.8 Å². The van der Waals surface area contributed by atoms with E-state index in [4.69, 9.17) is 0 Å². The van der Waals surface area contributed by atoms with Crippen LogP contribution in [-0.2, 0) is 19.3 Å². The van der Waals surface area contributed by atoms with E-state index >= 15 is 0 Å². The van der Waals surface area contributed by atoms with Crippen LogP contribution in [0.2, 0.25) is 0 Å². The molecule has 0 radical (unpaired) electrons. The minimum atomic E-state index is -4.37. The Kier molecular flexibility index (Phi) is 5.62. The van der Waals surface area contributed by atoms with Crippen molar-refractivity contribution in [1.29, 1.82) is 0 Å². The fourth-order valence-corrected chi connectivity index (χ4v) is 4.56. The molecule has 1 N–H and O–H groups in total.